The molecule has 0 amide bonds. The minimum atomic E-state index is -1.51. The minimum absolute atomic E-state index is 0.0309. The number of aryl methyl sites for hydroxylation is 2. The lowest BCUT2D eigenvalue weighted by atomic mass is 10.2. The van der Waals surface area contributed by atoms with Crippen LogP contribution in [0.3, 0.4) is 0 Å². The second-order valence-corrected chi connectivity index (χ2v) is 7.62. The maximum atomic E-state index is 15.1. The lowest BCUT2D eigenvalue weighted by Gasteiger charge is -2.10. The molecule has 0 radical (unpaired) electrons. The first-order chi connectivity index (χ1) is 11.8. The van der Waals surface area contributed by atoms with Crippen molar-refractivity contribution >= 4 is 0 Å². The highest BCUT2D eigenvalue weighted by molar-refractivity contribution is 5.20. The van der Waals surface area contributed by atoms with Gasteiger partial charge in [0, 0.05) is 24.9 Å². The summed E-state index contributed by atoms with van der Waals surface area (Å²) in [5.41, 5.74) is -2.86. The molecule has 2 unspecified atom stereocenters. The zero-order valence-corrected chi connectivity index (χ0v) is 15.1. The molecule has 2 aromatic heterocycles. The first kappa shape index (κ1) is 16.6. The molecule has 0 aliphatic heterocycles. The van der Waals surface area contributed by atoms with Gasteiger partial charge in [-0.25, -0.2) is 23.4 Å². The third-order valence-electron chi connectivity index (χ3n) is 5.24. The first-order valence-corrected chi connectivity index (χ1v) is 9.02. The molecule has 6 nitrogen and oxygen atoms in total. The molecule has 0 spiro atoms. The van der Waals surface area contributed by atoms with Gasteiger partial charge in [-0.05, 0) is 47.0 Å². The molecule has 0 saturated heterocycles. The number of aromatic nitrogens is 6. The van der Waals surface area contributed by atoms with Crippen molar-refractivity contribution in [3.63, 3.8) is 0 Å². The van der Waals surface area contributed by atoms with Crippen molar-refractivity contribution in [1.82, 2.24) is 29.5 Å². The Hall–Kier alpha value is -1.86. The summed E-state index contributed by atoms with van der Waals surface area (Å²) in [4.78, 5) is 8.69. The Morgan fingerprint density at radius 2 is 1.92 bits per heavy atom. The monoisotopic (exact) mass is 350 g/mol. The molecule has 2 fully saturated rings. The molecule has 0 N–H and O–H groups in total. The highest BCUT2D eigenvalue weighted by Gasteiger charge is 2.60. The van der Waals surface area contributed by atoms with Gasteiger partial charge in [0.25, 0.3) is 0 Å². The van der Waals surface area contributed by atoms with Crippen molar-refractivity contribution in [1.29, 1.82) is 0 Å². The summed E-state index contributed by atoms with van der Waals surface area (Å²) in [6.07, 6.45) is 1.74. The van der Waals surface area contributed by atoms with E-state index in [1.807, 2.05) is 27.7 Å². The normalized spacial score (nSPS) is 27.1. The standard InChI is InChI=1S/C17H24F2N6/c1-5-24-11(4)20-14(23-24)17(19)9-12(17)8-13-21-15(16(18)6-7-16)25(22-13)10(2)3/h10,12H,5-9H2,1-4H3. The number of hydrogen-bond acceptors (Lipinski definition) is 4. The zero-order valence-electron chi connectivity index (χ0n) is 15.1. The Morgan fingerprint density at radius 1 is 1.20 bits per heavy atom. The number of rotatable bonds is 6. The Balaban J connectivity index is 1.54. The van der Waals surface area contributed by atoms with Crippen LogP contribution in [-0.4, -0.2) is 29.5 Å². The van der Waals surface area contributed by atoms with Crippen LogP contribution in [-0.2, 0) is 24.3 Å². The highest BCUT2D eigenvalue weighted by atomic mass is 19.1. The predicted molar refractivity (Wildman–Crippen MR) is 87.5 cm³/mol. The molecule has 136 valence electrons. The average molecular weight is 350 g/mol. The fourth-order valence-electron chi connectivity index (χ4n) is 3.38. The van der Waals surface area contributed by atoms with Crippen molar-refractivity contribution in [2.75, 3.05) is 0 Å². The van der Waals surface area contributed by atoms with Crippen molar-refractivity contribution in [2.24, 2.45) is 5.92 Å². The molecule has 8 heteroatoms. The molecule has 0 bridgehead atoms. The summed E-state index contributed by atoms with van der Waals surface area (Å²) < 4.78 is 33.0. The van der Waals surface area contributed by atoms with Gasteiger partial charge in [0.2, 0.25) is 0 Å². The molecule has 2 aromatic rings. The van der Waals surface area contributed by atoms with Gasteiger partial charge < -0.3 is 0 Å². The molecule has 0 aromatic carbocycles. The average Bonchev–Trinajstić information content (AvgIpc) is 3.31. The van der Waals surface area contributed by atoms with Crippen LogP contribution in [0.25, 0.3) is 0 Å². The van der Waals surface area contributed by atoms with E-state index in [0.717, 1.165) is 5.82 Å². The molecule has 25 heavy (non-hydrogen) atoms. The number of nitrogens with zero attached hydrogens (tertiary/aromatic N) is 6. The van der Waals surface area contributed by atoms with Crippen molar-refractivity contribution in [3.05, 3.63) is 23.3 Å². The van der Waals surface area contributed by atoms with Crippen molar-refractivity contribution in [3.8, 4) is 0 Å². The van der Waals surface area contributed by atoms with Gasteiger partial charge in [0.15, 0.2) is 28.8 Å². The van der Waals surface area contributed by atoms with Gasteiger partial charge >= 0.3 is 0 Å². The molecular weight excluding hydrogens is 326 g/mol. The van der Waals surface area contributed by atoms with E-state index in [2.05, 4.69) is 20.2 Å². The highest BCUT2D eigenvalue weighted by Crippen LogP contribution is 2.56. The summed E-state index contributed by atoms with van der Waals surface area (Å²) in [6.45, 7) is 8.36. The Bertz CT molecular complexity index is 806. The molecule has 2 heterocycles. The van der Waals surface area contributed by atoms with Crippen LogP contribution in [0.1, 0.15) is 69.4 Å². The van der Waals surface area contributed by atoms with Crippen LogP contribution in [0.4, 0.5) is 8.78 Å². The lowest BCUT2D eigenvalue weighted by Crippen LogP contribution is -2.13. The van der Waals surface area contributed by atoms with Crippen molar-refractivity contribution in [2.45, 2.75) is 77.3 Å². The van der Waals surface area contributed by atoms with Gasteiger partial charge in [-0.15, -0.1) is 0 Å². The van der Waals surface area contributed by atoms with Crippen LogP contribution >= 0.6 is 0 Å². The van der Waals surface area contributed by atoms with Crippen LogP contribution in [0.5, 0.6) is 0 Å². The second-order valence-electron chi connectivity index (χ2n) is 7.62. The van der Waals surface area contributed by atoms with E-state index >= 15 is 4.39 Å². The third-order valence-corrected chi connectivity index (χ3v) is 5.24. The fourth-order valence-corrected chi connectivity index (χ4v) is 3.38. The van der Waals surface area contributed by atoms with E-state index in [1.165, 1.54) is 0 Å². The van der Waals surface area contributed by atoms with E-state index in [9.17, 15) is 4.39 Å². The van der Waals surface area contributed by atoms with Crippen LogP contribution in [0.15, 0.2) is 0 Å². The van der Waals surface area contributed by atoms with Gasteiger partial charge in [0.1, 0.15) is 5.82 Å². The predicted octanol–water partition coefficient (Wildman–Crippen LogP) is 3.16. The maximum absolute atomic E-state index is 15.1. The van der Waals surface area contributed by atoms with E-state index < -0.39 is 11.3 Å². The largest absolute Gasteiger partial charge is 0.250 e. The third kappa shape index (κ3) is 2.66. The van der Waals surface area contributed by atoms with E-state index in [4.69, 9.17) is 0 Å². The number of alkyl halides is 2. The van der Waals surface area contributed by atoms with E-state index in [0.29, 0.717) is 43.9 Å². The zero-order chi connectivity index (χ0) is 18.0. The maximum Gasteiger partial charge on any atom is 0.188 e. The molecular formula is C17H24F2N6. The van der Waals surface area contributed by atoms with Gasteiger partial charge in [-0.3, -0.25) is 4.68 Å². The molecule has 2 atom stereocenters. The summed E-state index contributed by atoms with van der Waals surface area (Å²) in [5.74, 6) is 1.64. The van der Waals surface area contributed by atoms with E-state index in [-0.39, 0.29) is 17.8 Å². The molecule has 2 aliphatic rings. The second kappa shape index (κ2) is 5.32. The van der Waals surface area contributed by atoms with Gasteiger partial charge in [0.05, 0.1) is 0 Å². The SMILES string of the molecule is CCn1nc(C2(F)CC2Cc2nc(C3(F)CC3)n(C(C)C)n2)nc1C. The first-order valence-electron chi connectivity index (χ1n) is 9.02. The number of halogens is 2. The summed E-state index contributed by atoms with van der Waals surface area (Å²) in [5, 5.41) is 8.73. The van der Waals surface area contributed by atoms with Crippen molar-refractivity contribution < 1.29 is 8.78 Å². The molecule has 2 aliphatic carbocycles. The van der Waals surface area contributed by atoms with Gasteiger partial charge in [-0.1, -0.05) is 0 Å². The number of hydrogen-bond donors (Lipinski definition) is 0. The lowest BCUT2D eigenvalue weighted by molar-refractivity contribution is 0.268. The summed E-state index contributed by atoms with van der Waals surface area (Å²) in [7, 11) is 0. The quantitative estimate of drug-likeness (QED) is 0.803. The molecule has 2 saturated carbocycles. The smallest absolute Gasteiger partial charge is 0.188 e. The van der Waals surface area contributed by atoms with E-state index in [1.54, 1.807) is 9.36 Å². The Labute approximate surface area is 145 Å². The fraction of sp³-hybridized carbons (Fsp3) is 0.765. The minimum Gasteiger partial charge on any atom is -0.250 e. The van der Waals surface area contributed by atoms with Gasteiger partial charge in [-0.2, -0.15) is 10.2 Å². The molecule has 4 rings (SSSR count). The topological polar surface area (TPSA) is 61.4 Å². The summed E-state index contributed by atoms with van der Waals surface area (Å²) in [6, 6.07) is 0.0309. The Morgan fingerprint density at radius 3 is 2.48 bits per heavy atom. The van der Waals surface area contributed by atoms with Crippen LogP contribution in [0.2, 0.25) is 0 Å². The Kier molecular flexibility index (Phi) is 3.53. The van der Waals surface area contributed by atoms with Crippen LogP contribution < -0.4 is 0 Å². The summed E-state index contributed by atoms with van der Waals surface area (Å²) >= 11 is 0. The van der Waals surface area contributed by atoms with Crippen LogP contribution in [0, 0.1) is 12.8 Å².